The van der Waals surface area contributed by atoms with Gasteiger partial charge in [0, 0.05) is 17.6 Å². The van der Waals surface area contributed by atoms with Crippen molar-refractivity contribution in [2.45, 2.75) is 25.3 Å². The Labute approximate surface area is 186 Å². The molecule has 3 aromatic rings. The van der Waals surface area contributed by atoms with E-state index in [1.807, 2.05) is 0 Å². The van der Waals surface area contributed by atoms with Crippen LogP contribution in [-0.2, 0) is 30.1 Å². The van der Waals surface area contributed by atoms with E-state index in [0.29, 0.717) is 17.8 Å². The first kappa shape index (κ1) is 24.2. The molecule has 0 saturated heterocycles. The van der Waals surface area contributed by atoms with Crippen LogP contribution in [0.15, 0.2) is 47.4 Å². The quantitative estimate of drug-likeness (QED) is 0.494. The summed E-state index contributed by atoms with van der Waals surface area (Å²) in [6.07, 6.45) is -8.91. The average molecular weight is 488 g/mol. The van der Waals surface area contributed by atoms with Crippen molar-refractivity contribution >= 4 is 28.8 Å². The van der Waals surface area contributed by atoms with Gasteiger partial charge in [0.25, 0.3) is 5.91 Å². The molecule has 2 heterocycles. The molecule has 0 aliphatic rings. The Bertz CT molecular complexity index is 1100. The summed E-state index contributed by atoms with van der Waals surface area (Å²) < 4.78 is 77.5. The molecule has 13 heteroatoms. The summed E-state index contributed by atoms with van der Waals surface area (Å²) in [5.41, 5.74) is -0.916. The predicted molar refractivity (Wildman–Crippen MR) is 106 cm³/mol. The zero-order chi connectivity index (χ0) is 24.2. The van der Waals surface area contributed by atoms with Gasteiger partial charge in [-0.2, -0.15) is 26.3 Å². The number of nitrogens with zero attached hydrogens (tertiary/aromatic N) is 2. The molecule has 0 radical (unpaired) electrons. The molecule has 0 bridgehead atoms. The number of alkyl halides is 6. The molecule has 0 saturated carbocycles. The third-order valence-electron chi connectivity index (χ3n) is 4.23. The van der Waals surface area contributed by atoms with Crippen molar-refractivity contribution in [1.82, 2.24) is 15.3 Å². The van der Waals surface area contributed by atoms with Crippen molar-refractivity contribution in [2.75, 3.05) is 5.32 Å². The first-order valence-corrected chi connectivity index (χ1v) is 10.1. The highest BCUT2D eigenvalue weighted by atomic mass is 32.1. The molecule has 1 aromatic carbocycles. The van der Waals surface area contributed by atoms with Crippen LogP contribution in [0.3, 0.4) is 0 Å². The smallest absolute Gasteiger partial charge is 0.352 e. The van der Waals surface area contributed by atoms with Crippen LogP contribution in [0.4, 0.5) is 32.0 Å². The lowest BCUT2D eigenvalue weighted by Gasteiger charge is -2.14. The maximum absolute atomic E-state index is 12.9. The number of aromatic nitrogens is 2. The third-order valence-corrected chi connectivity index (χ3v) is 4.81. The van der Waals surface area contributed by atoms with Gasteiger partial charge in [0.05, 0.1) is 34.9 Å². The maximum Gasteiger partial charge on any atom is 0.416 e. The Hall–Kier alpha value is -3.48. The summed E-state index contributed by atoms with van der Waals surface area (Å²) in [6, 6.07) is 4.05. The van der Waals surface area contributed by atoms with E-state index >= 15 is 0 Å². The summed E-state index contributed by atoms with van der Waals surface area (Å²) in [6.45, 7) is -0.534. The molecule has 33 heavy (non-hydrogen) atoms. The van der Waals surface area contributed by atoms with Gasteiger partial charge in [0.15, 0.2) is 0 Å². The Morgan fingerprint density at radius 2 is 1.61 bits per heavy atom. The van der Waals surface area contributed by atoms with E-state index in [2.05, 4.69) is 20.6 Å². The van der Waals surface area contributed by atoms with Gasteiger partial charge in [-0.25, -0.2) is 4.98 Å². The normalized spacial score (nSPS) is 11.8. The second-order valence-corrected chi connectivity index (χ2v) is 7.45. The number of benzene rings is 1. The molecule has 0 spiro atoms. The number of rotatable bonds is 6. The number of hydrogen-bond acceptors (Lipinski definition) is 5. The molecule has 174 valence electrons. The van der Waals surface area contributed by atoms with Crippen LogP contribution in [-0.4, -0.2) is 21.8 Å². The maximum atomic E-state index is 12.9. The lowest BCUT2D eigenvalue weighted by Crippen LogP contribution is -2.25. The van der Waals surface area contributed by atoms with Crippen LogP contribution in [0.2, 0.25) is 0 Å². The van der Waals surface area contributed by atoms with Crippen LogP contribution in [0.5, 0.6) is 0 Å². The summed E-state index contributed by atoms with van der Waals surface area (Å²) in [5, 5.41) is 6.40. The fraction of sp³-hybridized carbons (Fsp3) is 0.200. The summed E-state index contributed by atoms with van der Waals surface area (Å²) in [7, 11) is 0. The van der Waals surface area contributed by atoms with Crippen molar-refractivity contribution in [3.8, 4) is 0 Å². The van der Waals surface area contributed by atoms with E-state index < -0.39 is 41.8 Å². The van der Waals surface area contributed by atoms with Gasteiger partial charge in [-0.3, -0.25) is 14.6 Å². The van der Waals surface area contributed by atoms with Gasteiger partial charge in [0.2, 0.25) is 5.91 Å². The van der Waals surface area contributed by atoms with E-state index in [4.69, 9.17) is 0 Å². The Balaban J connectivity index is 1.60. The van der Waals surface area contributed by atoms with Crippen molar-refractivity contribution < 1.29 is 35.9 Å². The minimum atomic E-state index is -4.97. The fourth-order valence-corrected chi connectivity index (χ4v) is 3.20. The lowest BCUT2D eigenvalue weighted by atomic mass is 10.0. The number of amides is 2. The first-order chi connectivity index (χ1) is 15.4. The zero-order valence-electron chi connectivity index (χ0n) is 16.4. The molecule has 2 aromatic heterocycles. The number of pyridine rings is 1. The SMILES string of the molecule is O=C(Cc1ccc(NC(=O)c2cscn2)cn1)NCc1cc(C(F)(F)F)cc(C(F)(F)F)c1. The van der Waals surface area contributed by atoms with E-state index in [0.717, 1.165) is 0 Å². The minimum Gasteiger partial charge on any atom is -0.352 e. The third kappa shape index (κ3) is 6.75. The van der Waals surface area contributed by atoms with Crippen LogP contribution in [0, 0.1) is 0 Å². The highest BCUT2D eigenvalue weighted by Gasteiger charge is 2.36. The molecule has 0 aliphatic heterocycles. The molecular weight excluding hydrogens is 474 g/mol. The van der Waals surface area contributed by atoms with Crippen LogP contribution in [0.25, 0.3) is 0 Å². The van der Waals surface area contributed by atoms with Gasteiger partial charge < -0.3 is 10.6 Å². The Morgan fingerprint density at radius 1 is 0.939 bits per heavy atom. The minimum absolute atomic E-state index is 0.0179. The molecule has 3 rings (SSSR count). The molecule has 0 aliphatic carbocycles. The highest BCUT2D eigenvalue weighted by Crippen LogP contribution is 2.36. The summed E-state index contributed by atoms with van der Waals surface area (Å²) in [4.78, 5) is 31.9. The lowest BCUT2D eigenvalue weighted by molar-refractivity contribution is -0.143. The van der Waals surface area contributed by atoms with E-state index in [1.165, 1.54) is 35.2 Å². The van der Waals surface area contributed by atoms with Gasteiger partial charge in [-0.15, -0.1) is 11.3 Å². The number of halogens is 6. The molecule has 0 atom stereocenters. The molecule has 2 N–H and O–H groups in total. The van der Waals surface area contributed by atoms with Crippen LogP contribution >= 0.6 is 11.3 Å². The molecule has 0 unspecified atom stereocenters. The van der Waals surface area contributed by atoms with Crippen LogP contribution in [0.1, 0.15) is 32.9 Å². The monoisotopic (exact) mass is 488 g/mol. The average Bonchev–Trinajstić information content (AvgIpc) is 3.27. The van der Waals surface area contributed by atoms with Crippen LogP contribution < -0.4 is 10.6 Å². The number of nitrogens with one attached hydrogen (secondary N) is 2. The van der Waals surface area contributed by atoms with Crippen molar-refractivity contribution in [3.05, 3.63) is 75.5 Å². The van der Waals surface area contributed by atoms with Gasteiger partial charge in [-0.05, 0) is 35.9 Å². The Kier molecular flexibility index (Phi) is 7.01. The number of hydrogen-bond donors (Lipinski definition) is 2. The van der Waals surface area contributed by atoms with Crippen molar-refractivity contribution in [1.29, 1.82) is 0 Å². The first-order valence-electron chi connectivity index (χ1n) is 9.11. The zero-order valence-corrected chi connectivity index (χ0v) is 17.2. The van der Waals surface area contributed by atoms with E-state index in [1.54, 1.807) is 5.38 Å². The second-order valence-electron chi connectivity index (χ2n) is 6.73. The molecular formula is C20H14F6N4O2S. The fourth-order valence-electron chi connectivity index (χ4n) is 2.67. The molecule has 6 nitrogen and oxygen atoms in total. The summed E-state index contributed by atoms with van der Waals surface area (Å²) >= 11 is 1.25. The van der Waals surface area contributed by atoms with E-state index in [-0.39, 0.29) is 29.4 Å². The number of thiazole rings is 1. The largest absolute Gasteiger partial charge is 0.416 e. The van der Waals surface area contributed by atoms with Crippen molar-refractivity contribution in [2.24, 2.45) is 0 Å². The number of anilines is 1. The van der Waals surface area contributed by atoms with Gasteiger partial charge in [0.1, 0.15) is 5.69 Å². The highest BCUT2D eigenvalue weighted by molar-refractivity contribution is 7.07. The Morgan fingerprint density at radius 3 is 2.12 bits per heavy atom. The summed E-state index contributed by atoms with van der Waals surface area (Å²) in [5.74, 6) is -1.10. The molecule has 0 fully saturated rings. The molecule has 2 amide bonds. The predicted octanol–water partition coefficient (Wildman–Crippen LogP) is 4.69. The van der Waals surface area contributed by atoms with Gasteiger partial charge >= 0.3 is 12.4 Å². The topological polar surface area (TPSA) is 84.0 Å². The second kappa shape index (κ2) is 9.57. The van der Waals surface area contributed by atoms with E-state index in [9.17, 15) is 35.9 Å². The van der Waals surface area contributed by atoms with Gasteiger partial charge in [-0.1, -0.05) is 0 Å². The van der Waals surface area contributed by atoms with Crippen molar-refractivity contribution in [3.63, 3.8) is 0 Å². The standard InChI is InChI=1S/C20H14F6N4O2S/c21-19(22,23)12-3-11(4-13(5-12)20(24,25)26)7-28-17(31)6-14-1-2-15(8-27-14)30-18(32)16-9-33-10-29-16/h1-5,8-10H,6-7H2,(H,28,31)(H,30,32). The number of carbonyl (C=O) groups is 2. The number of carbonyl (C=O) groups excluding carboxylic acids is 2.